The van der Waals surface area contributed by atoms with Crippen molar-refractivity contribution < 1.29 is 9.90 Å². The lowest BCUT2D eigenvalue weighted by Crippen LogP contribution is -2.34. The van der Waals surface area contributed by atoms with Crippen molar-refractivity contribution >= 4 is 5.91 Å². The molecule has 0 aliphatic heterocycles. The Morgan fingerprint density at radius 3 is 2.73 bits per heavy atom. The van der Waals surface area contributed by atoms with Crippen molar-refractivity contribution in [1.82, 2.24) is 15.3 Å². The van der Waals surface area contributed by atoms with Crippen molar-refractivity contribution in [2.45, 2.75) is 13.0 Å². The first kappa shape index (κ1) is 11.2. The highest BCUT2D eigenvalue weighted by atomic mass is 16.3. The SMILES string of the molecule is CC(O)CNC(=O)c1cc(=O)[nH]c(=O)[nH]1. The van der Waals surface area contributed by atoms with Gasteiger partial charge in [0.25, 0.3) is 11.5 Å². The van der Waals surface area contributed by atoms with Crippen molar-refractivity contribution in [2.24, 2.45) is 0 Å². The van der Waals surface area contributed by atoms with Crippen LogP contribution in [0, 0.1) is 0 Å². The fourth-order valence-electron chi connectivity index (χ4n) is 0.927. The molecule has 7 heteroatoms. The summed E-state index contributed by atoms with van der Waals surface area (Å²) in [6, 6.07) is 0.971. The number of carbonyl (C=O) groups is 1. The molecule has 4 N–H and O–H groups in total. The molecule has 0 spiro atoms. The number of hydrogen-bond donors (Lipinski definition) is 4. The van der Waals surface area contributed by atoms with E-state index in [1.54, 1.807) is 0 Å². The maximum absolute atomic E-state index is 11.3. The van der Waals surface area contributed by atoms with Gasteiger partial charge in [-0.25, -0.2) is 4.79 Å². The highest BCUT2D eigenvalue weighted by Crippen LogP contribution is 1.85. The molecule has 0 saturated heterocycles. The van der Waals surface area contributed by atoms with Gasteiger partial charge in [-0.3, -0.25) is 14.6 Å². The number of aliphatic hydroxyl groups is 1. The maximum atomic E-state index is 11.3. The lowest BCUT2D eigenvalue weighted by atomic mass is 10.3. The number of carbonyl (C=O) groups excluding carboxylic acids is 1. The van der Waals surface area contributed by atoms with Crippen LogP contribution in [0.1, 0.15) is 17.4 Å². The summed E-state index contributed by atoms with van der Waals surface area (Å²) >= 11 is 0. The van der Waals surface area contributed by atoms with Gasteiger partial charge in [0.15, 0.2) is 0 Å². The van der Waals surface area contributed by atoms with Gasteiger partial charge < -0.3 is 15.4 Å². The predicted octanol–water partition coefficient (Wildman–Crippen LogP) is -1.83. The van der Waals surface area contributed by atoms with Crippen LogP contribution in [0.4, 0.5) is 0 Å². The molecule has 1 unspecified atom stereocenters. The highest BCUT2D eigenvalue weighted by molar-refractivity contribution is 5.91. The fraction of sp³-hybridized carbons (Fsp3) is 0.375. The van der Waals surface area contributed by atoms with E-state index in [9.17, 15) is 14.4 Å². The monoisotopic (exact) mass is 213 g/mol. The molecular weight excluding hydrogens is 202 g/mol. The van der Waals surface area contributed by atoms with Crippen LogP contribution >= 0.6 is 0 Å². The van der Waals surface area contributed by atoms with Crippen LogP contribution in [0.5, 0.6) is 0 Å². The van der Waals surface area contributed by atoms with E-state index in [2.05, 4.69) is 10.3 Å². The molecule has 0 aliphatic carbocycles. The molecule has 1 aromatic heterocycles. The molecule has 0 bridgehead atoms. The number of aromatic amines is 2. The van der Waals surface area contributed by atoms with E-state index in [4.69, 9.17) is 5.11 Å². The van der Waals surface area contributed by atoms with Crippen LogP contribution in [-0.4, -0.2) is 33.6 Å². The highest BCUT2D eigenvalue weighted by Gasteiger charge is 2.08. The van der Waals surface area contributed by atoms with Crippen molar-refractivity contribution in [3.05, 3.63) is 32.6 Å². The summed E-state index contributed by atoms with van der Waals surface area (Å²) in [5, 5.41) is 11.2. The van der Waals surface area contributed by atoms with E-state index in [0.717, 1.165) is 6.07 Å². The number of nitrogens with one attached hydrogen (secondary N) is 3. The molecule has 82 valence electrons. The van der Waals surface area contributed by atoms with Crippen LogP contribution in [0.25, 0.3) is 0 Å². The second kappa shape index (κ2) is 4.56. The van der Waals surface area contributed by atoms with Crippen molar-refractivity contribution in [3.8, 4) is 0 Å². The van der Waals surface area contributed by atoms with Gasteiger partial charge in [0, 0.05) is 12.6 Å². The van der Waals surface area contributed by atoms with Crippen LogP contribution < -0.4 is 16.6 Å². The van der Waals surface area contributed by atoms with Crippen molar-refractivity contribution in [1.29, 1.82) is 0 Å². The lowest BCUT2D eigenvalue weighted by Gasteiger charge is -2.05. The van der Waals surface area contributed by atoms with E-state index in [1.165, 1.54) is 6.92 Å². The van der Waals surface area contributed by atoms with Crippen LogP contribution in [0.3, 0.4) is 0 Å². The predicted molar refractivity (Wildman–Crippen MR) is 51.7 cm³/mol. The summed E-state index contributed by atoms with van der Waals surface area (Å²) in [7, 11) is 0. The van der Waals surface area contributed by atoms with Crippen LogP contribution in [0.15, 0.2) is 15.7 Å². The molecule has 1 heterocycles. The molecule has 1 aromatic rings. The van der Waals surface area contributed by atoms with Crippen molar-refractivity contribution in [2.75, 3.05) is 6.54 Å². The zero-order valence-corrected chi connectivity index (χ0v) is 8.03. The summed E-state index contributed by atoms with van der Waals surface area (Å²) < 4.78 is 0. The minimum absolute atomic E-state index is 0.0493. The molecule has 0 radical (unpaired) electrons. The molecule has 0 aliphatic rings. The molecule has 7 nitrogen and oxygen atoms in total. The minimum atomic E-state index is -0.746. The third-order valence-corrected chi connectivity index (χ3v) is 1.56. The normalized spacial score (nSPS) is 12.1. The number of hydrogen-bond acceptors (Lipinski definition) is 4. The second-order valence-electron chi connectivity index (χ2n) is 3.06. The average Bonchev–Trinajstić information content (AvgIpc) is 2.12. The molecule has 15 heavy (non-hydrogen) atoms. The van der Waals surface area contributed by atoms with E-state index in [1.807, 2.05) is 4.98 Å². The Morgan fingerprint density at radius 1 is 1.53 bits per heavy atom. The van der Waals surface area contributed by atoms with Gasteiger partial charge in [0.2, 0.25) is 0 Å². The Morgan fingerprint density at radius 2 is 2.20 bits per heavy atom. The number of amides is 1. The second-order valence-corrected chi connectivity index (χ2v) is 3.06. The van der Waals surface area contributed by atoms with Gasteiger partial charge in [-0.15, -0.1) is 0 Å². The molecule has 1 rings (SSSR count). The zero-order valence-electron chi connectivity index (χ0n) is 8.03. The lowest BCUT2D eigenvalue weighted by molar-refractivity contribution is 0.0918. The quantitative estimate of drug-likeness (QED) is 0.473. The Hall–Kier alpha value is -1.89. The Bertz CT molecular complexity index is 431. The largest absolute Gasteiger partial charge is 0.392 e. The Balaban J connectivity index is 2.83. The van der Waals surface area contributed by atoms with Gasteiger partial charge in [-0.1, -0.05) is 0 Å². The number of aromatic nitrogens is 2. The Kier molecular flexibility index (Phi) is 3.40. The smallest absolute Gasteiger partial charge is 0.326 e. The van der Waals surface area contributed by atoms with Gasteiger partial charge in [0.1, 0.15) is 5.69 Å². The molecule has 0 saturated carbocycles. The molecular formula is C8H11N3O4. The van der Waals surface area contributed by atoms with E-state index < -0.39 is 23.3 Å². The average molecular weight is 213 g/mol. The van der Waals surface area contributed by atoms with Gasteiger partial charge >= 0.3 is 5.69 Å². The summed E-state index contributed by atoms with van der Waals surface area (Å²) in [6.07, 6.45) is -0.692. The van der Waals surface area contributed by atoms with Crippen molar-refractivity contribution in [3.63, 3.8) is 0 Å². The van der Waals surface area contributed by atoms with E-state index >= 15 is 0 Å². The molecule has 0 fully saturated rings. The summed E-state index contributed by atoms with van der Waals surface area (Å²) in [5.74, 6) is -0.612. The number of rotatable bonds is 3. The molecule has 1 amide bonds. The van der Waals surface area contributed by atoms with E-state index in [-0.39, 0.29) is 12.2 Å². The minimum Gasteiger partial charge on any atom is -0.392 e. The summed E-state index contributed by atoms with van der Waals surface area (Å²) in [6.45, 7) is 1.55. The van der Waals surface area contributed by atoms with Gasteiger partial charge in [-0.2, -0.15) is 0 Å². The van der Waals surface area contributed by atoms with Crippen LogP contribution in [-0.2, 0) is 0 Å². The van der Waals surface area contributed by atoms with E-state index in [0.29, 0.717) is 0 Å². The standard InChI is InChI=1S/C8H11N3O4/c1-4(12)3-9-7(14)5-2-6(13)11-8(15)10-5/h2,4,12H,3H2,1H3,(H,9,14)(H2,10,11,13,15). The fourth-order valence-corrected chi connectivity index (χ4v) is 0.927. The first-order chi connectivity index (χ1) is 6.99. The summed E-state index contributed by atoms with van der Waals surface area (Å²) in [5.41, 5.74) is -1.53. The number of aliphatic hydroxyl groups excluding tert-OH is 1. The Labute approximate surface area is 84.2 Å². The topological polar surface area (TPSA) is 115 Å². The maximum Gasteiger partial charge on any atom is 0.326 e. The first-order valence-corrected chi connectivity index (χ1v) is 4.29. The molecule has 0 aromatic carbocycles. The van der Waals surface area contributed by atoms with Crippen LogP contribution in [0.2, 0.25) is 0 Å². The third kappa shape index (κ3) is 3.39. The third-order valence-electron chi connectivity index (χ3n) is 1.56. The molecule has 1 atom stereocenters. The summed E-state index contributed by atoms with van der Waals surface area (Å²) in [4.78, 5) is 37.1. The van der Waals surface area contributed by atoms with Gasteiger partial charge in [0.05, 0.1) is 6.10 Å². The van der Waals surface area contributed by atoms with Gasteiger partial charge in [-0.05, 0) is 6.92 Å². The zero-order chi connectivity index (χ0) is 11.4. The first-order valence-electron chi connectivity index (χ1n) is 4.29. The number of H-pyrrole nitrogens is 2.